The molecule has 6 nitrogen and oxygen atoms in total. The molecule has 1 heterocycles. The first-order valence-electron chi connectivity index (χ1n) is 9.89. The zero-order chi connectivity index (χ0) is 20.8. The minimum atomic E-state index is 0.0877. The van der Waals surface area contributed by atoms with Crippen molar-refractivity contribution in [3.63, 3.8) is 0 Å². The Morgan fingerprint density at radius 2 is 1.83 bits per heavy atom. The van der Waals surface area contributed by atoms with E-state index in [1.165, 1.54) is 0 Å². The summed E-state index contributed by atoms with van der Waals surface area (Å²) in [5.41, 5.74) is 2.07. The molecule has 0 N–H and O–H groups in total. The summed E-state index contributed by atoms with van der Waals surface area (Å²) in [6.45, 7) is 1.78. The normalized spacial score (nSPS) is 16.5. The van der Waals surface area contributed by atoms with E-state index in [-0.39, 0.29) is 11.9 Å². The number of hydrogen-bond donors (Lipinski definition) is 0. The molecule has 1 atom stereocenters. The fraction of sp³-hybridized carbons (Fsp3) is 0.435. The van der Waals surface area contributed by atoms with Crippen molar-refractivity contribution in [1.29, 1.82) is 0 Å². The number of nitrogens with zero attached hydrogens (tertiary/aromatic N) is 2. The maximum absolute atomic E-state index is 12.9. The molecule has 1 unspecified atom stereocenters. The smallest absolute Gasteiger partial charge is 0.236 e. The summed E-state index contributed by atoms with van der Waals surface area (Å²) in [4.78, 5) is 16.9. The van der Waals surface area contributed by atoms with E-state index >= 15 is 0 Å². The van der Waals surface area contributed by atoms with Gasteiger partial charge in [0.1, 0.15) is 17.2 Å². The molecular formula is C23H30N2O4. The lowest BCUT2D eigenvalue weighted by Crippen LogP contribution is -2.38. The lowest BCUT2D eigenvalue weighted by molar-refractivity contribution is -0.131. The number of benzene rings is 2. The molecule has 29 heavy (non-hydrogen) atoms. The van der Waals surface area contributed by atoms with Crippen molar-refractivity contribution in [2.24, 2.45) is 0 Å². The number of likely N-dealkylation sites (tertiary alicyclic amines) is 1. The van der Waals surface area contributed by atoms with Crippen LogP contribution >= 0.6 is 0 Å². The second-order valence-corrected chi connectivity index (χ2v) is 7.30. The first kappa shape index (κ1) is 21.0. The minimum absolute atomic E-state index is 0.0877. The van der Waals surface area contributed by atoms with E-state index in [4.69, 9.17) is 14.2 Å². The van der Waals surface area contributed by atoms with Gasteiger partial charge in [0.2, 0.25) is 5.91 Å². The van der Waals surface area contributed by atoms with Gasteiger partial charge in [-0.2, -0.15) is 0 Å². The van der Waals surface area contributed by atoms with Crippen LogP contribution in [-0.4, -0.2) is 57.2 Å². The van der Waals surface area contributed by atoms with Crippen molar-refractivity contribution >= 4 is 5.91 Å². The Morgan fingerprint density at radius 3 is 2.55 bits per heavy atom. The van der Waals surface area contributed by atoms with Crippen LogP contribution in [0, 0.1) is 0 Å². The molecule has 1 saturated heterocycles. The van der Waals surface area contributed by atoms with Gasteiger partial charge in [0.15, 0.2) is 0 Å². The van der Waals surface area contributed by atoms with Crippen LogP contribution in [0.5, 0.6) is 17.2 Å². The predicted molar refractivity (Wildman–Crippen MR) is 113 cm³/mol. The predicted octanol–water partition coefficient (Wildman–Crippen LogP) is 3.51. The van der Waals surface area contributed by atoms with Crippen LogP contribution in [-0.2, 0) is 11.3 Å². The van der Waals surface area contributed by atoms with E-state index in [9.17, 15) is 4.79 Å². The van der Waals surface area contributed by atoms with Gasteiger partial charge in [0.25, 0.3) is 0 Å². The summed E-state index contributed by atoms with van der Waals surface area (Å²) in [6.07, 6.45) is 2.04. The average molecular weight is 399 g/mol. The summed E-state index contributed by atoms with van der Waals surface area (Å²) in [6, 6.07) is 13.8. The molecule has 2 aromatic carbocycles. The summed E-state index contributed by atoms with van der Waals surface area (Å²) in [5, 5.41) is 0. The van der Waals surface area contributed by atoms with E-state index in [1.807, 2.05) is 49.5 Å². The Labute approximate surface area is 173 Å². The standard InChI is InChI=1S/C23H30N2O4/c1-24(15-17-8-5-6-10-21(17)28-3)23(26)16-25-13-7-9-20(25)19-14-18(27-2)11-12-22(19)29-4/h5-6,8,10-12,14,20H,7,9,13,15-16H2,1-4H3. The summed E-state index contributed by atoms with van der Waals surface area (Å²) in [7, 11) is 6.83. The first-order valence-corrected chi connectivity index (χ1v) is 9.89. The fourth-order valence-corrected chi connectivity index (χ4v) is 3.94. The van der Waals surface area contributed by atoms with Gasteiger partial charge in [0, 0.05) is 30.8 Å². The van der Waals surface area contributed by atoms with Crippen LogP contribution in [0.15, 0.2) is 42.5 Å². The molecule has 156 valence electrons. The van der Waals surface area contributed by atoms with E-state index in [0.717, 1.165) is 47.8 Å². The Morgan fingerprint density at radius 1 is 1.07 bits per heavy atom. The SMILES string of the molecule is COc1ccc(OC)c(C2CCCN2CC(=O)N(C)Cc2ccccc2OC)c1. The molecule has 1 fully saturated rings. The van der Waals surface area contributed by atoms with Crippen LogP contribution in [0.2, 0.25) is 0 Å². The Hall–Kier alpha value is -2.73. The molecule has 1 amide bonds. The zero-order valence-electron chi connectivity index (χ0n) is 17.7. The number of methoxy groups -OCH3 is 3. The third kappa shape index (κ3) is 4.82. The molecule has 0 bridgehead atoms. The molecule has 3 rings (SSSR count). The average Bonchev–Trinajstić information content (AvgIpc) is 3.21. The maximum Gasteiger partial charge on any atom is 0.236 e. The van der Waals surface area contributed by atoms with Gasteiger partial charge in [-0.25, -0.2) is 0 Å². The number of rotatable bonds is 8. The van der Waals surface area contributed by atoms with Crippen LogP contribution < -0.4 is 14.2 Å². The van der Waals surface area contributed by atoms with Crippen LogP contribution in [0.3, 0.4) is 0 Å². The van der Waals surface area contributed by atoms with Gasteiger partial charge < -0.3 is 19.1 Å². The third-order valence-corrected chi connectivity index (χ3v) is 5.52. The molecule has 2 aromatic rings. The molecule has 0 spiro atoms. The first-order chi connectivity index (χ1) is 14.1. The van der Waals surface area contributed by atoms with E-state index in [2.05, 4.69) is 4.90 Å². The number of carbonyl (C=O) groups excluding carboxylic acids is 1. The third-order valence-electron chi connectivity index (χ3n) is 5.52. The minimum Gasteiger partial charge on any atom is -0.497 e. The molecule has 0 saturated carbocycles. The van der Waals surface area contributed by atoms with Crippen molar-refractivity contribution in [2.45, 2.75) is 25.4 Å². The molecular weight excluding hydrogens is 368 g/mol. The van der Waals surface area contributed by atoms with Gasteiger partial charge >= 0.3 is 0 Å². The Balaban J connectivity index is 1.71. The number of ether oxygens (including phenoxy) is 3. The van der Waals surface area contributed by atoms with Gasteiger partial charge in [-0.1, -0.05) is 18.2 Å². The highest BCUT2D eigenvalue weighted by Crippen LogP contribution is 2.38. The van der Waals surface area contributed by atoms with Crippen molar-refractivity contribution in [2.75, 3.05) is 41.5 Å². The van der Waals surface area contributed by atoms with Crippen LogP contribution in [0.4, 0.5) is 0 Å². The van der Waals surface area contributed by atoms with Crippen molar-refractivity contribution in [1.82, 2.24) is 9.80 Å². The molecule has 0 aliphatic carbocycles. The lowest BCUT2D eigenvalue weighted by atomic mass is 10.0. The highest BCUT2D eigenvalue weighted by atomic mass is 16.5. The number of para-hydroxylation sites is 1. The zero-order valence-corrected chi connectivity index (χ0v) is 17.7. The van der Waals surface area contributed by atoms with Gasteiger partial charge in [-0.15, -0.1) is 0 Å². The van der Waals surface area contributed by atoms with Gasteiger partial charge in [-0.3, -0.25) is 9.69 Å². The highest BCUT2D eigenvalue weighted by molar-refractivity contribution is 5.78. The highest BCUT2D eigenvalue weighted by Gasteiger charge is 2.30. The van der Waals surface area contributed by atoms with Crippen molar-refractivity contribution in [3.8, 4) is 17.2 Å². The van der Waals surface area contributed by atoms with E-state index in [0.29, 0.717) is 13.1 Å². The topological polar surface area (TPSA) is 51.2 Å². The van der Waals surface area contributed by atoms with E-state index < -0.39 is 0 Å². The Kier molecular flexibility index (Phi) is 6.99. The second-order valence-electron chi connectivity index (χ2n) is 7.30. The van der Waals surface area contributed by atoms with Crippen LogP contribution in [0.1, 0.15) is 30.0 Å². The number of amides is 1. The molecule has 1 aliphatic rings. The molecule has 0 aromatic heterocycles. The second kappa shape index (κ2) is 9.65. The maximum atomic E-state index is 12.9. The lowest BCUT2D eigenvalue weighted by Gasteiger charge is -2.28. The fourth-order valence-electron chi connectivity index (χ4n) is 3.94. The summed E-state index contributed by atoms with van der Waals surface area (Å²) < 4.78 is 16.4. The summed E-state index contributed by atoms with van der Waals surface area (Å²) >= 11 is 0. The largest absolute Gasteiger partial charge is 0.497 e. The van der Waals surface area contributed by atoms with E-state index in [1.54, 1.807) is 26.2 Å². The molecule has 6 heteroatoms. The molecule has 1 aliphatic heterocycles. The number of likely N-dealkylation sites (N-methyl/N-ethyl adjacent to an activating group) is 1. The van der Waals surface area contributed by atoms with Crippen molar-refractivity contribution < 1.29 is 19.0 Å². The van der Waals surface area contributed by atoms with Gasteiger partial charge in [0.05, 0.1) is 27.9 Å². The summed E-state index contributed by atoms with van der Waals surface area (Å²) in [5.74, 6) is 2.52. The number of hydrogen-bond acceptors (Lipinski definition) is 5. The quantitative estimate of drug-likeness (QED) is 0.681. The van der Waals surface area contributed by atoms with Crippen LogP contribution in [0.25, 0.3) is 0 Å². The van der Waals surface area contributed by atoms with Gasteiger partial charge in [-0.05, 0) is 43.7 Å². The Bertz CT molecular complexity index is 839. The van der Waals surface area contributed by atoms with Crippen molar-refractivity contribution in [3.05, 3.63) is 53.6 Å². The monoisotopic (exact) mass is 398 g/mol. The molecule has 0 radical (unpaired) electrons. The number of carbonyl (C=O) groups is 1.